The molecule has 0 saturated carbocycles. The molecule has 4 rings (SSSR count). The summed E-state index contributed by atoms with van der Waals surface area (Å²) in [5.41, 5.74) is 1.11. The number of carbonyl (C=O) groups is 4. The summed E-state index contributed by atoms with van der Waals surface area (Å²) in [7, 11) is 0. The quantitative estimate of drug-likeness (QED) is 0.569. The molecule has 2 heterocycles. The Bertz CT molecular complexity index is 999. The van der Waals surface area contributed by atoms with E-state index in [4.69, 9.17) is 14.2 Å². The molecule has 0 spiro atoms. The summed E-state index contributed by atoms with van der Waals surface area (Å²) < 4.78 is 15.8. The predicted molar refractivity (Wildman–Crippen MR) is 103 cm³/mol. The Morgan fingerprint density at radius 2 is 1.63 bits per heavy atom. The number of nitrogens with one attached hydrogen (secondary N) is 1. The van der Waals surface area contributed by atoms with Crippen LogP contribution in [0.5, 0.6) is 11.5 Å². The molecule has 0 aromatic heterocycles. The largest absolute Gasteiger partial charge is 0.486 e. The molecule has 2 aliphatic rings. The van der Waals surface area contributed by atoms with E-state index in [0.717, 1.165) is 4.90 Å². The summed E-state index contributed by atoms with van der Waals surface area (Å²) in [5.74, 6) is -0.986. The minimum absolute atomic E-state index is 0.116. The molecule has 0 unspecified atom stereocenters. The standard InChI is InChI=1S/C21H18N2O7/c24-18(22-13-5-6-16-17(11-13)29-10-9-28-16)12-30-19(25)7-8-23-20(26)14-3-1-2-4-15(14)21(23)27/h1-6,11H,7-10,12H2,(H,22,24). The van der Waals surface area contributed by atoms with Crippen molar-refractivity contribution in [2.45, 2.75) is 6.42 Å². The maximum atomic E-state index is 12.3. The number of fused-ring (bicyclic) bond motifs is 2. The van der Waals surface area contributed by atoms with Crippen LogP contribution in [0.3, 0.4) is 0 Å². The molecule has 0 saturated heterocycles. The summed E-state index contributed by atoms with van der Waals surface area (Å²) in [4.78, 5) is 49.5. The van der Waals surface area contributed by atoms with Gasteiger partial charge in [-0.3, -0.25) is 24.1 Å². The van der Waals surface area contributed by atoms with Gasteiger partial charge in [0, 0.05) is 18.3 Å². The smallest absolute Gasteiger partial charge is 0.308 e. The highest BCUT2D eigenvalue weighted by Crippen LogP contribution is 2.32. The SMILES string of the molecule is O=C(COC(=O)CCN1C(=O)c2ccccc2C1=O)Nc1ccc2c(c1)OCCO2. The molecule has 0 atom stereocenters. The lowest BCUT2D eigenvalue weighted by molar-refractivity contribution is -0.147. The molecule has 0 radical (unpaired) electrons. The van der Waals surface area contributed by atoms with Gasteiger partial charge < -0.3 is 19.5 Å². The van der Waals surface area contributed by atoms with Crippen LogP contribution >= 0.6 is 0 Å². The third kappa shape index (κ3) is 3.95. The fourth-order valence-corrected chi connectivity index (χ4v) is 3.18. The number of amides is 3. The first-order valence-electron chi connectivity index (χ1n) is 9.33. The van der Waals surface area contributed by atoms with Gasteiger partial charge in [-0.15, -0.1) is 0 Å². The number of carbonyl (C=O) groups excluding carboxylic acids is 4. The van der Waals surface area contributed by atoms with E-state index in [0.29, 0.717) is 41.5 Å². The van der Waals surface area contributed by atoms with Crippen molar-refractivity contribution >= 4 is 29.4 Å². The fraction of sp³-hybridized carbons (Fsp3) is 0.238. The Labute approximate surface area is 171 Å². The molecule has 2 aliphatic heterocycles. The van der Waals surface area contributed by atoms with Crippen molar-refractivity contribution < 1.29 is 33.4 Å². The van der Waals surface area contributed by atoms with Crippen LogP contribution in [0.4, 0.5) is 5.69 Å². The Morgan fingerprint density at radius 1 is 0.967 bits per heavy atom. The molecule has 0 bridgehead atoms. The average molecular weight is 410 g/mol. The van der Waals surface area contributed by atoms with Gasteiger partial charge in [0.25, 0.3) is 17.7 Å². The summed E-state index contributed by atoms with van der Waals surface area (Å²) >= 11 is 0. The average Bonchev–Trinajstić information content (AvgIpc) is 3.01. The first-order valence-corrected chi connectivity index (χ1v) is 9.33. The van der Waals surface area contributed by atoms with Gasteiger partial charge in [0.2, 0.25) is 0 Å². The van der Waals surface area contributed by atoms with Crippen LogP contribution in [0.15, 0.2) is 42.5 Å². The molecule has 0 fully saturated rings. The minimum Gasteiger partial charge on any atom is -0.486 e. The lowest BCUT2D eigenvalue weighted by atomic mass is 10.1. The van der Waals surface area contributed by atoms with Crippen LogP contribution in [0.1, 0.15) is 27.1 Å². The van der Waals surface area contributed by atoms with Gasteiger partial charge in [-0.2, -0.15) is 0 Å². The Morgan fingerprint density at radius 3 is 2.33 bits per heavy atom. The first-order chi connectivity index (χ1) is 14.5. The Kier molecular flexibility index (Phi) is 5.34. The van der Waals surface area contributed by atoms with Crippen LogP contribution < -0.4 is 14.8 Å². The second-order valence-corrected chi connectivity index (χ2v) is 6.62. The monoisotopic (exact) mass is 410 g/mol. The second-order valence-electron chi connectivity index (χ2n) is 6.62. The number of hydrogen-bond donors (Lipinski definition) is 1. The van der Waals surface area contributed by atoms with Crippen molar-refractivity contribution in [2.75, 3.05) is 31.7 Å². The fourth-order valence-electron chi connectivity index (χ4n) is 3.18. The highest BCUT2D eigenvalue weighted by Gasteiger charge is 2.35. The van der Waals surface area contributed by atoms with Gasteiger partial charge >= 0.3 is 5.97 Å². The van der Waals surface area contributed by atoms with Crippen LogP contribution in [-0.2, 0) is 14.3 Å². The van der Waals surface area contributed by atoms with E-state index in [2.05, 4.69) is 5.32 Å². The molecule has 9 nitrogen and oxygen atoms in total. The van der Waals surface area contributed by atoms with E-state index < -0.39 is 30.3 Å². The third-order valence-electron chi connectivity index (χ3n) is 4.61. The molecule has 2 aromatic rings. The molecule has 2 aromatic carbocycles. The van der Waals surface area contributed by atoms with Gasteiger partial charge in [-0.25, -0.2) is 0 Å². The summed E-state index contributed by atoms with van der Waals surface area (Å²) in [6.07, 6.45) is -0.206. The van der Waals surface area contributed by atoms with Crippen molar-refractivity contribution in [3.05, 3.63) is 53.6 Å². The third-order valence-corrected chi connectivity index (χ3v) is 4.61. The van der Waals surface area contributed by atoms with Crippen molar-refractivity contribution in [3.8, 4) is 11.5 Å². The Hall–Kier alpha value is -3.88. The van der Waals surface area contributed by atoms with Crippen molar-refractivity contribution in [1.29, 1.82) is 0 Å². The van der Waals surface area contributed by atoms with Gasteiger partial charge in [0.1, 0.15) is 13.2 Å². The lowest BCUT2D eigenvalue weighted by Crippen LogP contribution is -2.32. The molecule has 1 N–H and O–H groups in total. The normalized spacial score (nSPS) is 14.3. The van der Waals surface area contributed by atoms with Crippen LogP contribution in [0.2, 0.25) is 0 Å². The summed E-state index contributed by atoms with van der Waals surface area (Å²) in [6.45, 7) is 0.287. The van der Waals surface area contributed by atoms with Crippen LogP contribution in [0, 0.1) is 0 Å². The van der Waals surface area contributed by atoms with E-state index in [1.807, 2.05) is 0 Å². The maximum Gasteiger partial charge on any atom is 0.308 e. The molecule has 9 heteroatoms. The molecular formula is C21H18N2O7. The van der Waals surface area contributed by atoms with E-state index in [-0.39, 0.29) is 13.0 Å². The number of nitrogens with zero attached hydrogens (tertiary/aromatic N) is 1. The predicted octanol–water partition coefficient (Wildman–Crippen LogP) is 1.63. The number of hydrogen-bond acceptors (Lipinski definition) is 7. The van der Waals surface area contributed by atoms with Gasteiger partial charge in [-0.05, 0) is 24.3 Å². The molecule has 0 aliphatic carbocycles. The highest BCUT2D eigenvalue weighted by atomic mass is 16.6. The lowest BCUT2D eigenvalue weighted by Gasteiger charge is -2.19. The van der Waals surface area contributed by atoms with Crippen LogP contribution in [-0.4, -0.2) is 55.0 Å². The van der Waals surface area contributed by atoms with Crippen LogP contribution in [0.25, 0.3) is 0 Å². The van der Waals surface area contributed by atoms with Gasteiger partial charge in [-0.1, -0.05) is 12.1 Å². The number of benzene rings is 2. The molecular weight excluding hydrogens is 392 g/mol. The topological polar surface area (TPSA) is 111 Å². The number of rotatable bonds is 6. The maximum absolute atomic E-state index is 12.3. The second kappa shape index (κ2) is 8.24. The van der Waals surface area contributed by atoms with Gasteiger partial charge in [0.05, 0.1) is 17.5 Å². The summed E-state index contributed by atoms with van der Waals surface area (Å²) in [5, 5.41) is 2.60. The highest BCUT2D eigenvalue weighted by molar-refractivity contribution is 6.21. The van der Waals surface area contributed by atoms with Crippen molar-refractivity contribution in [3.63, 3.8) is 0 Å². The molecule has 30 heavy (non-hydrogen) atoms. The number of ether oxygens (including phenoxy) is 3. The molecule has 154 valence electrons. The Balaban J connectivity index is 1.24. The van der Waals surface area contributed by atoms with E-state index in [9.17, 15) is 19.2 Å². The zero-order valence-electron chi connectivity index (χ0n) is 15.9. The van der Waals surface area contributed by atoms with E-state index >= 15 is 0 Å². The minimum atomic E-state index is -0.691. The molecule has 3 amide bonds. The van der Waals surface area contributed by atoms with Crippen molar-refractivity contribution in [1.82, 2.24) is 4.90 Å². The first kappa shape index (κ1) is 19.4. The van der Waals surface area contributed by atoms with Crippen molar-refractivity contribution in [2.24, 2.45) is 0 Å². The number of imide groups is 1. The summed E-state index contributed by atoms with van der Waals surface area (Å²) in [6, 6.07) is 11.4. The zero-order chi connectivity index (χ0) is 21.1. The van der Waals surface area contributed by atoms with E-state index in [1.54, 1.807) is 42.5 Å². The number of anilines is 1. The zero-order valence-corrected chi connectivity index (χ0v) is 15.9. The van der Waals surface area contributed by atoms with E-state index in [1.165, 1.54) is 0 Å². The van der Waals surface area contributed by atoms with Gasteiger partial charge in [0.15, 0.2) is 18.1 Å². The number of esters is 1.